The molecule has 0 aromatic heterocycles. The Kier molecular flexibility index (Phi) is 1.94. The molecule has 1 fully saturated rings. The third-order valence-electron chi connectivity index (χ3n) is 1.92. The second-order valence-electron chi connectivity index (χ2n) is 2.97. The van der Waals surface area contributed by atoms with Gasteiger partial charge in [0.25, 0.3) is 0 Å². The lowest BCUT2D eigenvalue weighted by atomic mass is 10.3. The fourth-order valence-electron chi connectivity index (χ4n) is 1.12. The zero-order valence-electron chi connectivity index (χ0n) is 6.72. The monoisotopic (exact) mass is 142 g/mol. The maximum Gasteiger partial charge on any atom is 0.226 e. The molecule has 0 aliphatic heterocycles. The molecule has 2 atom stereocenters. The van der Waals surface area contributed by atoms with Crippen LogP contribution >= 0.6 is 0 Å². The Labute approximate surface area is 61.4 Å². The van der Waals surface area contributed by atoms with Crippen molar-refractivity contribution in [3.05, 3.63) is 0 Å². The van der Waals surface area contributed by atoms with Crippen molar-refractivity contribution in [3.63, 3.8) is 0 Å². The molecule has 1 amide bonds. The molecule has 0 aromatic carbocycles. The number of hydrogen-bond donors (Lipinski definition) is 1. The fourth-order valence-corrected chi connectivity index (χ4v) is 1.12. The van der Waals surface area contributed by atoms with E-state index in [9.17, 15) is 4.79 Å². The molecule has 1 N–H and O–H groups in total. The molecule has 0 saturated heterocycles. The zero-order valence-corrected chi connectivity index (χ0v) is 6.72. The van der Waals surface area contributed by atoms with Gasteiger partial charge in [-0.1, -0.05) is 0 Å². The van der Waals surface area contributed by atoms with Crippen LogP contribution in [-0.2, 0) is 4.79 Å². The van der Waals surface area contributed by atoms with Crippen LogP contribution in [0.2, 0.25) is 0 Å². The van der Waals surface area contributed by atoms with Gasteiger partial charge in [-0.15, -0.1) is 0 Å². The summed E-state index contributed by atoms with van der Waals surface area (Å²) >= 11 is 0. The third kappa shape index (κ3) is 1.29. The third-order valence-corrected chi connectivity index (χ3v) is 1.92. The van der Waals surface area contributed by atoms with Crippen LogP contribution < -0.4 is 5.32 Å². The van der Waals surface area contributed by atoms with E-state index in [4.69, 9.17) is 0 Å². The highest BCUT2D eigenvalue weighted by Gasteiger charge is 2.42. The van der Waals surface area contributed by atoms with Crippen LogP contribution in [0, 0.1) is 5.92 Å². The smallest absolute Gasteiger partial charge is 0.226 e. The maximum absolute atomic E-state index is 11.2. The van der Waals surface area contributed by atoms with Crippen molar-refractivity contribution in [1.82, 2.24) is 10.2 Å². The maximum atomic E-state index is 11.2. The van der Waals surface area contributed by atoms with Crippen LogP contribution in [0.1, 0.15) is 6.42 Å². The summed E-state index contributed by atoms with van der Waals surface area (Å²) in [5, 5.41) is 3.08. The highest BCUT2D eigenvalue weighted by atomic mass is 16.2. The Morgan fingerprint density at radius 2 is 2.20 bits per heavy atom. The van der Waals surface area contributed by atoms with E-state index in [1.54, 1.807) is 19.0 Å². The van der Waals surface area contributed by atoms with Crippen molar-refractivity contribution < 1.29 is 4.79 Å². The Hall–Kier alpha value is -0.570. The van der Waals surface area contributed by atoms with Gasteiger partial charge in [0.2, 0.25) is 5.91 Å². The van der Waals surface area contributed by atoms with Crippen molar-refractivity contribution >= 4 is 5.91 Å². The van der Waals surface area contributed by atoms with Crippen LogP contribution in [0.25, 0.3) is 0 Å². The largest absolute Gasteiger partial charge is 0.349 e. The molecule has 3 heteroatoms. The summed E-state index contributed by atoms with van der Waals surface area (Å²) in [6, 6.07) is 0.440. The minimum Gasteiger partial charge on any atom is -0.349 e. The molecule has 58 valence electrons. The first-order valence-electron chi connectivity index (χ1n) is 3.55. The summed E-state index contributed by atoms with van der Waals surface area (Å²) in [5.41, 5.74) is 0. The van der Waals surface area contributed by atoms with Gasteiger partial charge in [0.05, 0.1) is 5.92 Å². The minimum absolute atomic E-state index is 0.249. The molecule has 0 bridgehead atoms. The fraction of sp³-hybridized carbons (Fsp3) is 0.857. The first-order chi connectivity index (χ1) is 4.66. The second kappa shape index (κ2) is 2.58. The number of carbonyl (C=O) groups excluding carboxylic acids is 1. The first-order valence-corrected chi connectivity index (χ1v) is 3.55. The number of carbonyl (C=O) groups is 1. The SMILES string of the molecule is CNC1CC1C(=O)N(C)C. The van der Waals surface area contributed by atoms with E-state index in [1.165, 1.54) is 0 Å². The lowest BCUT2D eigenvalue weighted by Gasteiger charge is -2.08. The number of hydrogen-bond acceptors (Lipinski definition) is 2. The molecule has 2 unspecified atom stereocenters. The zero-order chi connectivity index (χ0) is 7.72. The van der Waals surface area contributed by atoms with Crippen LogP contribution in [0.5, 0.6) is 0 Å². The molecule has 0 heterocycles. The number of nitrogens with zero attached hydrogens (tertiary/aromatic N) is 1. The summed E-state index contributed by atoms with van der Waals surface area (Å²) in [7, 11) is 5.49. The molecule has 0 spiro atoms. The van der Waals surface area contributed by atoms with Gasteiger partial charge >= 0.3 is 0 Å². The van der Waals surface area contributed by atoms with E-state index in [-0.39, 0.29) is 11.8 Å². The Bertz CT molecular complexity index is 145. The van der Waals surface area contributed by atoms with Crippen molar-refractivity contribution in [1.29, 1.82) is 0 Å². The van der Waals surface area contributed by atoms with Crippen molar-refractivity contribution in [2.45, 2.75) is 12.5 Å². The Morgan fingerprint density at radius 1 is 1.60 bits per heavy atom. The quantitative estimate of drug-likeness (QED) is 0.573. The molecule has 10 heavy (non-hydrogen) atoms. The van der Waals surface area contributed by atoms with Gasteiger partial charge in [-0.2, -0.15) is 0 Å². The predicted molar refractivity (Wildman–Crippen MR) is 39.6 cm³/mol. The van der Waals surface area contributed by atoms with Crippen LogP contribution in [0.4, 0.5) is 0 Å². The van der Waals surface area contributed by atoms with Gasteiger partial charge in [-0.05, 0) is 13.5 Å². The highest BCUT2D eigenvalue weighted by molar-refractivity contribution is 5.81. The van der Waals surface area contributed by atoms with Gasteiger partial charge in [0.1, 0.15) is 0 Å². The normalized spacial score (nSPS) is 29.9. The summed E-state index contributed by atoms with van der Waals surface area (Å²) < 4.78 is 0. The Balaban J connectivity index is 2.33. The molecular weight excluding hydrogens is 128 g/mol. The summed E-state index contributed by atoms with van der Waals surface area (Å²) in [4.78, 5) is 12.8. The predicted octanol–water partition coefficient (Wildman–Crippen LogP) is -0.317. The lowest BCUT2D eigenvalue weighted by molar-refractivity contribution is -0.130. The van der Waals surface area contributed by atoms with Gasteiger partial charge in [0, 0.05) is 20.1 Å². The number of amides is 1. The van der Waals surface area contributed by atoms with E-state index in [2.05, 4.69) is 5.32 Å². The summed E-state index contributed by atoms with van der Waals surface area (Å²) in [6.45, 7) is 0. The second-order valence-corrected chi connectivity index (χ2v) is 2.97. The van der Waals surface area contributed by atoms with E-state index in [0.29, 0.717) is 6.04 Å². The van der Waals surface area contributed by atoms with Crippen molar-refractivity contribution in [3.8, 4) is 0 Å². The molecule has 1 aliphatic rings. The van der Waals surface area contributed by atoms with E-state index < -0.39 is 0 Å². The van der Waals surface area contributed by atoms with Gasteiger partial charge in [-0.3, -0.25) is 4.79 Å². The summed E-state index contributed by atoms with van der Waals surface area (Å²) in [6.07, 6.45) is 1.01. The van der Waals surface area contributed by atoms with Gasteiger partial charge < -0.3 is 10.2 Å². The minimum atomic E-state index is 0.249. The first kappa shape index (κ1) is 7.54. The average Bonchev–Trinajstić information content (AvgIpc) is 2.64. The standard InChI is InChI=1S/C7H14N2O/c1-8-6-4-5(6)7(10)9(2)3/h5-6,8H,4H2,1-3H3. The molecule has 1 aliphatic carbocycles. The topological polar surface area (TPSA) is 32.3 Å². The number of rotatable bonds is 2. The lowest BCUT2D eigenvalue weighted by Crippen LogP contribution is -2.27. The van der Waals surface area contributed by atoms with Crippen LogP contribution in [-0.4, -0.2) is 38.0 Å². The summed E-state index contributed by atoms with van der Waals surface area (Å²) in [5.74, 6) is 0.499. The molecule has 0 aromatic rings. The molecule has 1 rings (SSSR count). The van der Waals surface area contributed by atoms with Crippen LogP contribution in [0.15, 0.2) is 0 Å². The molecule has 0 radical (unpaired) electrons. The van der Waals surface area contributed by atoms with Crippen molar-refractivity contribution in [2.75, 3.05) is 21.1 Å². The highest BCUT2D eigenvalue weighted by Crippen LogP contribution is 2.30. The van der Waals surface area contributed by atoms with Gasteiger partial charge in [0.15, 0.2) is 0 Å². The molecule has 1 saturated carbocycles. The van der Waals surface area contributed by atoms with E-state index in [0.717, 1.165) is 6.42 Å². The van der Waals surface area contributed by atoms with E-state index in [1.807, 2.05) is 7.05 Å². The Morgan fingerprint density at radius 3 is 2.50 bits per heavy atom. The van der Waals surface area contributed by atoms with Crippen molar-refractivity contribution in [2.24, 2.45) is 5.92 Å². The van der Waals surface area contributed by atoms with Gasteiger partial charge in [-0.25, -0.2) is 0 Å². The van der Waals surface area contributed by atoms with E-state index >= 15 is 0 Å². The number of nitrogens with one attached hydrogen (secondary N) is 1. The molecule has 3 nitrogen and oxygen atoms in total. The van der Waals surface area contributed by atoms with Crippen LogP contribution in [0.3, 0.4) is 0 Å². The molecular formula is C7H14N2O. The average molecular weight is 142 g/mol.